The maximum atomic E-state index is 14.8. The topological polar surface area (TPSA) is 79.7 Å². The van der Waals surface area contributed by atoms with Crippen LogP contribution < -0.4 is 9.47 Å². The zero-order valence-electron chi connectivity index (χ0n) is 20.2. The maximum absolute atomic E-state index is 14.8. The van der Waals surface area contributed by atoms with Crippen LogP contribution >= 0.6 is 0 Å². The van der Waals surface area contributed by atoms with E-state index in [-0.39, 0.29) is 28.4 Å². The Bertz CT molecular complexity index is 1520. The number of rotatable bonds is 7. The first-order valence-electron chi connectivity index (χ1n) is 11.7. The van der Waals surface area contributed by atoms with Gasteiger partial charge in [0.2, 0.25) is 5.78 Å². The minimum Gasteiger partial charge on any atom is -0.491 e. The van der Waals surface area contributed by atoms with Crippen molar-refractivity contribution in [2.75, 3.05) is 13.7 Å². The van der Waals surface area contributed by atoms with Crippen molar-refractivity contribution in [3.05, 3.63) is 101 Å². The first-order chi connectivity index (χ1) is 18.0. The second-order valence-corrected chi connectivity index (χ2v) is 8.35. The van der Waals surface area contributed by atoms with Gasteiger partial charge in [-0.25, -0.2) is 13.9 Å². The number of Topliss-reactive ketones (excluding diaryl/α,β-unsaturated/α-hetero) is 1. The minimum atomic E-state index is -0.548. The smallest absolute Gasteiger partial charge is 0.337 e. The molecule has 0 unspecified atom stereocenters. The Labute approximate surface area is 212 Å². The SMILES string of the molecule is CCCOc1ccc(-c2nn(-c3ccccc3)cc2/C=C2\Oc3ccc(C(=O)OC)cc3C2=O)cc1F. The van der Waals surface area contributed by atoms with E-state index in [1.807, 2.05) is 37.3 Å². The third-order valence-corrected chi connectivity index (χ3v) is 5.81. The van der Waals surface area contributed by atoms with Crippen molar-refractivity contribution in [3.63, 3.8) is 0 Å². The molecule has 5 rings (SSSR count). The second-order valence-electron chi connectivity index (χ2n) is 8.35. The van der Waals surface area contributed by atoms with Gasteiger partial charge < -0.3 is 14.2 Å². The number of aromatic nitrogens is 2. The zero-order chi connectivity index (χ0) is 25.9. The molecule has 0 amide bonds. The molecule has 0 saturated carbocycles. The highest BCUT2D eigenvalue weighted by Gasteiger charge is 2.29. The lowest BCUT2D eigenvalue weighted by molar-refractivity contribution is 0.0600. The molecule has 186 valence electrons. The molecule has 0 fully saturated rings. The van der Waals surface area contributed by atoms with Crippen LogP contribution in [0.3, 0.4) is 0 Å². The summed E-state index contributed by atoms with van der Waals surface area (Å²) in [5.74, 6) is -0.867. The first kappa shape index (κ1) is 24.0. The Morgan fingerprint density at radius 2 is 1.92 bits per heavy atom. The lowest BCUT2D eigenvalue weighted by Crippen LogP contribution is -2.03. The molecule has 1 aliphatic heterocycles. The Hall–Kier alpha value is -4.72. The number of allylic oxidation sites excluding steroid dienone is 1. The van der Waals surface area contributed by atoms with Crippen LogP contribution in [0.15, 0.2) is 78.7 Å². The van der Waals surface area contributed by atoms with E-state index < -0.39 is 11.8 Å². The lowest BCUT2D eigenvalue weighted by Gasteiger charge is -2.07. The van der Waals surface area contributed by atoms with Crippen LogP contribution in [0.4, 0.5) is 4.39 Å². The van der Waals surface area contributed by atoms with Crippen molar-refractivity contribution in [1.29, 1.82) is 0 Å². The van der Waals surface area contributed by atoms with Gasteiger partial charge in [-0.15, -0.1) is 0 Å². The lowest BCUT2D eigenvalue weighted by atomic mass is 10.0. The molecule has 0 aliphatic carbocycles. The summed E-state index contributed by atoms with van der Waals surface area (Å²) in [6, 6.07) is 18.6. The number of ether oxygens (including phenoxy) is 3. The number of nitrogens with zero attached hydrogens (tertiary/aromatic N) is 2. The van der Waals surface area contributed by atoms with Crippen molar-refractivity contribution in [3.8, 4) is 28.4 Å². The van der Waals surface area contributed by atoms with Crippen molar-refractivity contribution in [1.82, 2.24) is 9.78 Å². The van der Waals surface area contributed by atoms with Crippen LogP contribution in [0.5, 0.6) is 11.5 Å². The van der Waals surface area contributed by atoms with Crippen molar-refractivity contribution >= 4 is 17.8 Å². The number of hydrogen-bond acceptors (Lipinski definition) is 6. The molecular formula is C29H23FN2O5. The Morgan fingerprint density at radius 1 is 1.11 bits per heavy atom. The van der Waals surface area contributed by atoms with Crippen LogP contribution in [0.25, 0.3) is 23.0 Å². The minimum absolute atomic E-state index is 0.0641. The van der Waals surface area contributed by atoms with Crippen LogP contribution in [0.1, 0.15) is 39.6 Å². The molecule has 0 bridgehead atoms. The molecule has 1 aliphatic rings. The molecule has 0 N–H and O–H groups in total. The molecule has 1 aromatic heterocycles. The molecular weight excluding hydrogens is 475 g/mol. The number of fused-ring (bicyclic) bond motifs is 1. The predicted molar refractivity (Wildman–Crippen MR) is 135 cm³/mol. The fourth-order valence-corrected chi connectivity index (χ4v) is 3.98. The predicted octanol–water partition coefficient (Wildman–Crippen LogP) is 5.87. The normalized spacial score (nSPS) is 13.4. The van der Waals surface area contributed by atoms with E-state index in [4.69, 9.17) is 14.2 Å². The summed E-state index contributed by atoms with van der Waals surface area (Å²) in [6.07, 6.45) is 4.08. The molecule has 7 nitrogen and oxygen atoms in total. The Kier molecular flexibility index (Phi) is 6.55. The van der Waals surface area contributed by atoms with E-state index in [1.165, 1.54) is 25.3 Å². The standard InChI is InChI=1S/C29H23FN2O5/c1-3-13-36-25-12-9-18(15-23(25)30)27-20(17-32(31-27)21-7-5-4-6-8-21)16-26-28(33)22-14-19(29(34)35-2)10-11-24(22)37-26/h4-12,14-17H,3,13H2,1-2H3/b26-16-. The van der Waals surface area contributed by atoms with Crippen molar-refractivity contribution in [2.45, 2.75) is 13.3 Å². The number of carbonyl (C=O) groups excluding carboxylic acids is 2. The average molecular weight is 499 g/mol. The van der Waals surface area contributed by atoms with Gasteiger partial charge in [0.25, 0.3) is 0 Å². The molecule has 0 atom stereocenters. The van der Waals surface area contributed by atoms with E-state index in [1.54, 1.807) is 35.2 Å². The number of hydrogen-bond donors (Lipinski definition) is 0. The Morgan fingerprint density at radius 3 is 2.65 bits per heavy atom. The van der Waals surface area contributed by atoms with Crippen LogP contribution in [-0.2, 0) is 4.74 Å². The number of methoxy groups -OCH3 is 1. The zero-order valence-corrected chi connectivity index (χ0v) is 20.2. The van der Waals surface area contributed by atoms with Crippen molar-refractivity contribution in [2.24, 2.45) is 0 Å². The second kappa shape index (κ2) is 10.1. The van der Waals surface area contributed by atoms with Gasteiger partial charge in [0.05, 0.1) is 30.5 Å². The molecule has 2 heterocycles. The number of esters is 1. The third kappa shape index (κ3) is 4.73. The van der Waals surface area contributed by atoms with Gasteiger partial charge in [-0.3, -0.25) is 4.79 Å². The fraction of sp³-hybridized carbons (Fsp3) is 0.138. The van der Waals surface area contributed by atoms with Gasteiger partial charge in [0.1, 0.15) is 11.4 Å². The number of ketones is 1. The summed E-state index contributed by atoms with van der Waals surface area (Å²) in [6.45, 7) is 2.36. The number of benzene rings is 3. The molecule has 3 aromatic carbocycles. The molecule has 0 saturated heterocycles. The number of halogens is 1. The largest absolute Gasteiger partial charge is 0.491 e. The number of carbonyl (C=O) groups is 2. The van der Waals surface area contributed by atoms with Gasteiger partial charge in [-0.05, 0) is 61.0 Å². The summed E-state index contributed by atoms with van der Waals surface area (Å²) >= 11 is 0. The van der Waals surface area contributed by atoms with Crippen LogP contribution in [0, 0.1) is 5.82 Å². The quantitative estimate of drug-likeness (QED) is 0.234. The van der Waals surface area contributed by atoms with E-state index >= 15 is 0 Å². The van der Waals surface area contributed by atoms with Gasteiger partial charge in [-0.1, -0.05) is 25.1 Å². The Balaban J connectivity index is 1.56. The van der Waals surface area contributed by atoms with Gasteiger partial charge in [-0.2, -0.15) is 5.10 Å². The van der Waals surface area contributed by atoms with Gasteiger partial charge in [0.15, 0.2) is 17.3 Å². The summed E-state index contributed by atoms with van der Waals surface area (Å²) in [5.41, 5.74) is 2.82. The highest BCUT2D eigenvalue weighted by Crippen LogP contribution is 2.35. The first-order valence-corrected chi connectivity index (χ1v) is 11.7. The fourth-order valence-electron chi connectivity index (χ4n) is 3.98. The van der Waals surface area contributed by atoms with Crippen LogP contribution in [-0.4, -0.2) is 35.2 Å². The summed E-state index contributed by atoms with van der Waals surface area (Å²) in [5, 5.41) is 4.68. The van der Waals surface area contributed by atoms with E-state index in [2.05, 4.69) is 5.10 Å². The maximum Gasteiger partial charge on any atom is 0.337 e. The molecule has 8 heteroatoms. The highest BCUT2D eigenvalue weighted by atomic mass is 19.1. The monoisotopic (exact) mass is 498 g/mol. The highest BCUT2D eigenvalue weighted by molar-refractivity contribution is 6.15. The van der Waals surface area contributed by atoms with E-state index in [0.29, 0.717) is 29.2 Å². The van der Waals surface area contributed by atoms with Gasteiger partial charge >= 0.3 is 5.97 Å². The summed E-state index contributed by atoms with van der Waals surface area (Å²) in [4.78, 5) is 25.0. The number of para-hydroxylation sites is 1. The van der Waals surface area contributed by atoms with Gasteiger partial charge in [0, 0.05) is 17.3 Å². The average Bonchev–Trinajstić information content (AvgIpc) is 3.49. The molecule has 0 spiro atoms. The van der Waals surface area contributed by atoms with E-state index in [0.717, 1.165) is 12.1 Å². The summed E-state index contributed by atoms with van der Waals surface area (Å²) < 4.78 is 32.5. The van der Waals surface area contributed by atoms with E-state index in [9.17, 15) is 14.0 Å². The molecule has 4 aromatic rings. The van der Waals surface area contributed by atoms with Crippen molar-refractivity contribution < 1.29 is 28.2 Å². The third-order valence-electron chi connectivity index (χ3n) is 5.81. The molecule has 37 heavy (non-hydrogen) atoms. The van der Waals surface area contributed by atoms with Crippen LogP contribution in [0.2, 0.25) is 0 Å². The molecule has 0 radical (unpaired) electrons. The summed E-state index contributed by atoms with van der Waals surface area (Å²) in [7, 11) is 1.27.